The lowest BCUT2D eigenvalue weighted by atomic mass is 10.1. The lowest BCUT2D eigenvalue weighted by Gasteiger charge is -2.12. The van der Waals surface area contributed by atoms with Crippen molar-refractivity contribution in [3.8, 4) is 5.75 Å². The van der Waals surface area contributed by atoms with E-state index in [4.69, 9.17) is 9.47 Å². The first-order valence-electron chi connectivity index (χ1n) is 9.01. The molecule has 28 heavy (non-hydrogen) atoms. The Morgan fingerprint density at radius 2 is 1.89 bits per heavy atom. The number of anilines is 1. The van der Waals surface area contributed by atoms with Crippen molar-refractivity contribution in [3.05, 3.63) is 53.6 Å². The monoisotopic (exact) mass is 406 g/mol. The zero-order valence-corrected chi connectivity index (χ0v) is 17.1. The summed E-state index contributed by atoms with van der Waals surface area (Å²) in [5, 5.41) is 2.81. The van der Waals surface area contributed by atoms with E-state index in [-0.39, 0.29) is 29.5 Å². The Bertz CT molecular complexity index is 913. The van der Waals surface area contributed by atoms with Gasteiger partial charge in [0.05, 0.1) is 18.1 Å². The Kier molecular flexibility index (Phi) is 7.98. The van der Waals surface area contributed by atoms with Gasteiger partial charge < -0.3 is 14.8 Å². The van der Waals surface area contributed by atoms with Crippen molar-refractivity contribution in [3.63, 3.8) is 0 Å². The molecule has 0 radical (unpaired) electrons. The Morgan fingerprint density at radius 1 is 1.11 bits per heavy atom. The molecule has 0 aliphatic rings. The molecule has 0 atom stereocenters. The Hall–Kier alpha value is -2.42. The van der Waals surface area contributed by atoms with Gasteiger partial charge in [0.2, 0.25) is 10.0 Å². The second-order valence-corrected chi connectivity index (χ2v) is 7.96. The molecule has 0 unspecified atom stereocenters. The zero-order chi connectivity index (χ0) is 20.6. The maximum Gasteiger partial charge on any atom is 0.255 e. The van der Waals surface area contributed by atoms with Crippen LogP contribution in [0.3, 0.4) is 0 Å². The van der Waals surface area contributed by atoms with E-state index in [2.05, 4.69) is 10.0 Å². The lowest BCUT2D eigenvalue weighted by molar-refractivity contribution is 0.102. The molecule has 0 aliphatic heterocycles. The van der Waals surface area contributed by atoms with E-state index in [1.165, 1.54) is 25.3 Å². The Morgan fingerprint density at radius 3 is 2.57 bits per heavy atom. The maximum atomic E-state index is 12.6. The van der Waals surface area contributed by atoms with Crippen molar-refractivity contribution in [2.75, 3.05) is 32.2 Å². The molecule has 0 fully saturated rings. The van der Waals surface area contributed by atoms with Gasteiger partial charge in [-0.3, -0.25) is 4.79 Å². The van der Waals surface area contributed by atoms with E-state index >= 15 is 0 Å². The number of hydrogen-bond acceptors (Lipinski definition) is 5. The number of ether oxygens (including phenoxy) is 2. The van der Waals surface area contributed by atoms with E-state index < -0.39 is 10.0 Å². The van der Waals surface area contributed by atoms with Crippen molar-refractivity contribution in [1.29, 1.82) is 0 Å². The van der Waals surface area contributed by atoms with Crippen LogP contribution in [0, 0.1) is 6.92 Å². The highest BCUT2D eigenvalue weighted by Crippen LogP contribution is 2.22. The lowest BCUT2D eigenvalue weighted by Crippen LogP contribution is -2.27. The molecule has 0 saturated heterocycles. The normalized spacial score (nSPS) is 11.2. The van der Waals surface area contributed by atoms with E-state index in [0.717, 1.165) is 17.7 Å². The molecule has 2 N–H and O–H groups in total. The molecule has 2 rings (SSSR count). The third kappa shape index (κ3) is 6.05. The van der Waals surface area contributed by atoms with Crippen molar-refractivity contribution in [2.45, 2.75) is 25.2 Å². The predicted octanol–water partition coefficient (Wildman–Crippen LogP) is 2.96. The van der Waals surface area contributed by atoms with E-state index in [9.17, 15) is 13.2 Å². The first-order chi connectivity index (χ1) is 13.4. The summed E-state index contributed by atoms with van der Waals surface area (Å²) in [7, 11) is -2.22. The zero-order valence-electron chi connectivity index (χ0n) is 16.3. The van der Waals surface area contributed by atoms with Crippen LogP contribution in [0.25, 0.3) is 0 Å². The topological polar surface area (TPSA) is 93.7 Å². The minimum atomic E-state index is -3.71. The summed E-state index contributed by atoms with van der Waals surface area (Å²) in [5.41, 5.74) is 1.74. The van der Waals surface area contributed by atoms with Crippen LogP contribution in [0.2, 0.25) is 0 Å². The van der Waals surface area contributed by atoms with Crippen LogP contribution >= 0.6 is 0 Å². The molecule has 2 aromatic carbocycles. The number of methoxy groups -OCH3 is 1. The number of sulfonamides is 1. The SMILES string of the molecule is CCCOc1ccc(NC(=O)c2cccc(S(=O)(=O)NCCOC)c2)c(C)c1. The number of amides is 1. The minimum absolute atomic E-state index is 0.0243. The fraction of sp³-hybridized carbons (Fsp3) is 0.350. The van der Waals surface area contributed by atoms with Gasteiger partial charge in [-0.05, 0) is 55.3 Å². The van der Waals surface area contributed by atoms with Crippen molar-refractivity contribution in [2.24, 2.45) is 0 Å². The number of carbonyl (C=O) groups excluding carboxylic acids is 1. The quantitative estimate of drug-likeness (QED) is 0.592. The molecule has 0 bridgehead atoms. The number of hydrogen-bond donors (Lipinski definition) is 2. The molecule has 7 nitrogen and oxygen atoms in total. The van der Waals surface area contributed by atoms with Crippen molar-refractivity contribution in [1.82, 2.24) is 4.72 Å². The van der Waals surface area contributed by atoms with Gasteiger partial charge in [0.15, 0.2) is 0 Å². The summed E-state index contributed by atoms with van der Waals surface area (Å²) in [4.78, 5) is 12.6. The average Bonchev–Trinajstić information content (AvgIpc) is 2.68. The van der Waals surface area contributed by atoms with Crippen LogP contribution < -0.4 is 14.8 Å². The highest BCUT2D eigenvalue weighted by atomic mass is 32.2. The third-order valence-corrected chi connectivity index (χ3v) is 5.38. The van der Waals surface area contributed by atoms with Gasteiger partial charge in [-0.25, -0.2) is 13.1 Å². The first-order valence-corrected chi connectivity index (χ1v) is 10.5. The maximum absolute atomic E-state index is 12.6. The van der Waals surface area contributed by atoms with Crippen LogP contribution in [-0.4, -0.2) is 41.2 Å². The summed E-state index contributed by atoms with van der Waals surface area (Å²) in [5.74, 6) is 0.354. The predicted molar refractivity (Wildman–Crippen MR) is 108 cm³/mol. The molecule has 0 heterocycles. The molecule has 0 aliphatic carbocycles. The second-order valence-electron chi connectivity index (χ2n) is 6.20. The van der Waals surface area contributed by atoms with Crippen LogP contribution in [0.5, 0.6) is 5.75 Å². The molecular formula is C20H26N2O5S. The van der Waals surface area contributed by atoms with E-state index in [1.807, 2.05) is 19.9 Å². The van der Waals surface area contributed by atoms with Gasteiger partial charge in [0.1, 0.15) is 5.75 Å². The number of nitrogens with one attached hydrogen (secondary N) is 2. The van der Waals surface area contributed by atoms with Crippen molar-refractivity contribution >= 4 is 21.6 Å². The van der Waals surface area contributed by atoms with Gasteiger partial charge >= 0.3 is 0 Å². The van der Waals surface area contributed by atoms with Gasteiger partial charge in [-0.2, -0.15) is 0 Å². The first kappa shape index (κ1) is 21.9. The number of aryl methyl sites for hydroxylation is 1. The van der Waals surface area contributed by atoms with Gasteiger partial charge in [-0.15, -0.1) is 0 Å². The highest BCUT2D eigenvalue weighted by molar-refractivity contribution is 7.89. The summed E-state index contributed by atoms with van der Waals surface area (Å²) < 4.78 is 37.5. The summed E-state index contributed by atoms with van der Waals surface area (Å²) in [6, 6.07) is 11.3. The van der Waals surface area contributed by atoms with E-state index in [1.54, 1.807) is 18.2 Å². The summed E-state index contributed by atoms with van der Waals surface area (Å²) in [6.07, 6.45) is 0.914. The minimum Gasteiger partial charge on any atom is -0.494 e. The van der Waals surface area contributed by atoms with Crippen molar-refractivity contribution < 1.29 is 22.7 Å². The summed E-state index contributed by atoms with van der Waals surface area (Å²) >= 11 is 0. The molecule has 152 valence electrons. The Labute approximate surface area is 166 Å². The highest BCUT2D eigenvalue weighted by Gasteiger charge is 2.16. The molecule has 2 aromatic rings. The van der Waals surface area contributed by atoms with Gasteiger partial charge in [0, 0.05) is 24.9 Å². The number of rotatable bonds is 10. The fourth-order valence-electron chi connectivity index (χ4n) is 2.45. The molecular weight excluding hydrogens is 380 g/mol. The van der Waals surface area contributed by atoms with Crippen LogP contribution in [0.4, 0.5) is 5.69 Å². The molecule has 8 heteroatoms. The molecule has 0 saturated carbocycles. The molecule has 0 aromatic heterocycles. The number of carbonyl (C=O) groups is 1. The molecule has 0 spiro atoms. The second kappa shape index (κ2) is 10.2. The third-order valence-electron chi connectivity index (χ3n) is 3.92. The van der Waals surface area contributed by atoms with E-state index in [0.29, 0.717) is 12.3 Å². The molecule has 1 amide bonds. The van der Waals surface area contributed by atoms with Gasteiger partial charge in [0.25, 0.3) is 5.91 Å². The largest absolute Gasteiger partial charge is 0.494 e. The van der Waals surface area contributed by atoms with Crippen LogP contribution in [0.15, 0.2) is 47.4 Å². The van der Waals surface area contributed by atoms with Crippen LogP contribution in [0.1, 0.15) is 29.3 Å². The Balaban J connectivity index is 2.13. The average molecular weight is 407 g/mol. The van der Waals surface area contributed by atoms with Gasteiger partial charge in [-0.1, -0.05) is 13.0 Å². The number of benzene rings is 2. The smallest absolute Gasteiger partial charge is 0.255 e. The summed E-state index contributed by atoms with van der Waals surface area (Å²) in [6.45, 7) is 4.94. The standard InChI is InChI=1S/C20H26N2O5S/c1-4-11-27-17-8-9-19(15(2)13-17)22-20(23)16-6-5-7-18(14-16)28(24,25)21-10-12-26-3/h5-9,13-14,21H,4,10-12H2,1-3H3,(H,22,23). The van der Waals surface area contributed by atoms with Crippen LogP contribution in [-0.2, 0) is 14.8 Å². The fourth-order valence-corrected chi connectivity index (χ4v) is 3.51.